The summed E-state index contributed by atoms with van der Waals surface area (Å²) in [5.74, 6) is -0.229. The normalized spacial score (nSPS) is 15.5. The second-order valence-electron chi connectivity index (χ2n) is 7.09. The van der Waals surface area contributed by atoms with E-state index >= 15 is 0 Å². The fraction of sp³-hybridized carbons (Fsp3) is 0.227. The van der Waals surface area contributed by atoms with Gasteiger partial charge in [-0.1, -0.05) is 42.2 Å². The van der Waals surface area contributed by atoms with Crippen LogP contribution in [0.25, 0.3) is 17.0 Å². The predicted octanol–water partition coefficient (Wildman–Crippen LogP) is 3.46. The highest BCUT2D eigenvalue weighted by atomic mass is 32.2. The van der Waals surface area contributed by atoms with Crippen molar-refractivity contribution in [1.82, 2.24) is 19.8 Å². The van der Waals surface area contributed by atoms with Gasteiger partial charge in [0.1, 0.15) is 4.32 Å². The molecule has 1 saturated heterocycles. The van der Waals surface area contributed by atoms with E-state index in [0.29, 0.717) is 15.8 Å². The molecule has 6 nitrogen and oxygen atoms in total. The summed E-state index contributed by atoms with van der Waals surface area (Å²) in [6.45, 7) is 0.834. The maximum absolute atomic E-state index is 12.7. The first-order chi connectivity index (χ1) is 14.5. The van der Waals surface area contributed by atoms with Gasteiger partial charge >= 0.3 is 0 Å². The number of thiocarbonyl (C=S) groups is 1. The fourth-order valence-electron chi connectivity index (χ4n) is 3.43. The molecule has 2 aromatic heterocycles. The molecule has 2 amide bonds. The van der Waals surface area contributed by atoms with Crippen LogP contribution in [0.4, 0.5) is 0 Å². The van der Waals surface area contributed by atoms with Gasteiger partial charge in [0.15, 0.2) is 0 Å². The number of amides is 2. The van der Waals surface area contributed by atoms with Gasteiger partial charge in [0.05, 0.1) is 4.91 Å². The summed E-state index contributed by atoms with van der Waals surface area (Å²) in [6, 6.07) is 12.0. The number of hydrogen-bond acceptors (Lipinski definition) is 4. The Morgan fingerprint density at radius 3 is 2.90 bits per heavy atom. The topological polar surface area (TPSA) is 70.1 Å². The zero-order valence-electron chi connectivity index (χ0n) is 16.6. The van der Waals surface area contributed by atoms with E-state index in [4.69, 9.17) is 12.2 Å². The summed E-state index contributed by atoms with van der Waals surface area (Å²) in [6.07, 6.45) is 6.71. The van der Waals surface area contributed by atoms with Crippen LogP contribution in [0.15, 0.2) is 53.7 Å². The molecule has 1 aliphatic heterocycles. The highest BCUT2D eigenvalue weighted by Crippen LogP contribution is 2.32. The molecule has 0 unspecified atom stereocenters. The van der Waals surface area contributed by atoms with E-state index < -0.39 is 0 Å². The van der Waals surface area contributed by atoms with Gasteiger partial charge in [0, 0.05) is 55.5 Å². The Morgan fingerprint density at radius 2 is 2.10 bits per heavy atom. The number of rotatable bonds is 7. The van der Waals surface area contributed by atoms with Crippen LogP contribution in [0.3, 0.4) is 0 Å². The van der Waals surface area contributed by atoms with Crippen LogP contribution in [0.1, 0.15) is 17.7 Å². The number of carbonyl (C=O) groups excluding carboxylic acids is 2. The van der Waals surface area contributed by atoms with E-state index in [2.05, 4.69) is 16.4 Å². The zero-order valence-corrected chi connectivity index (χ0v) is 18.2. The first-order valence-electron chi connectivity index (χ1n) is 9.71. The summed E-state index contributed by atoms with van der Waals surface area (Å²) in [5.41, 5.74) is 3.20. The number of fused-ring (bicyclic) bond motifs is 1. The number of H-pyrrole nitrogens is 1. The number of hydrogen-bond donors (Lipinski definition) is 2. The molecule has 0 atom stereocenters. The van der Waals surface area contributed by atoms with E-state index in [1.165, 1.54) is 27.6 Å². The van der Waals surface area contributed by atoms with Crippen molar-refractivity contribution < 1.29 is 9.59 Å². The van der Waals surface area contributed by atoms with E-state index in [0.717, 1.165) is 17.6 Å². The van der Waals surface area contributed by atoms with Crippen LogP contribution in [0, 0.1) is 0 Å². The van der Waals surface area contributed by atoms with Crippen LogP contribution in [-0.2, 0) is 23.1 Å². The van der Waals surface area contributed by atoms with Crippen molar-refractivity contribution in [1.29, 1.82) is 0 Å². The Balaban J connectivity index is 1.27. The van der Waals surface area contributed by atoms with Crippen LogP contribution >= 0.6 is 24.0 Å². The molecular weight excluding hydrogens is 416 g/mol. The Kier molecular flexibility index (Phi) is 6.06. The van der Waals surface area contributed by atoms with Gasteiger partial charge < -0.3 is 14.9 Å². The van der Waals surface area contributed by atoms with Gasteiger partial charge in [-0.3, -0.25) is 14.5 Å². The van der Waals surface area contributed by atoms with Gasteiger partial charge in [-0.15, -0.1) is 0 Å². The molecule has 1 aliphatic rings. The molecule has 0 aliphatic carbocycles. The van der Waals surface area contributed by atoms with Crippen LogP contribution in [0.5, 0.6) is 0 Å². The van der Waals surface area contributed by atoms with Gasteiger partial charge in [-0.05, 0) is 36.3 Å². The third-order valence-electron chi connectivity index (χ3n) is 5.09. The predicted molar refractivity (Wildman–Crippen MR) is 125 cm³/mol. The molecule has 0 saturated carbocycles. The quantitative estimate of drug-likeness (QED) is 0.438. The Bertz CT molecular complexity index is 1140. The van der Waals surface area contributed by atoms with Gasteiger partial charge in [-0.2, -0.15) is 0 Å². The van der Waals surface area contributed by atoms with Crippen molar-refractivity contribution in [2.45, 2.75) is 12.8 Å². The second kappa shape index (κ2) is 8.89. The highest BCUT2D eigenvalue weighted by molar-refractivity contribution is 8.26. The summed E-state index contributed by atoms with van der Waals surface area (Å²) in [4.78, 5) is 30.3. The van der Waals surface area contributed by atoms with Crippen molar-refractivity contribution in [3.8, 4) is 0 Å². The number of aromatic nitrogens is 2. The molecule has 30 heavy (non-hydrogen) atoms. The van der Waals surface area contributed by atoms with E-state index in [1.807, 2.05) is 60.4 Å². The minimum absolute atomic E-state index is 0.0877. The molecule has 2 N–H and O–H groups in total. The molecule has 1 fully saturated rings. The number of thioether (sulfide) groups is 1. The third-order valence-corrected chi connectivity index (χ3v) is 6.47. The second-order valence-corrected chi connectivity index (χ2v) is 8.76. The first kappa shape index (κ1) is 20.4. The van der Waals surface area contributed by atoms with Gasteiger partial charge in [0.2, 0.25) is 5.91 Å². The molecule has 8 heteroatoms. The molecule has 4 rings (SSSR count). The van der Waals surface area contributed by atoms with Crippen LogP contribution in [-0.4, -0.2) is 43.7 Å². The lowest BCUT2D eigenvalue weighted by Crippen LogP contribution is -2.34. The summed E-state index contributed by atoms with van der Waals surface area (Å²) in [5, 5.41) is 4.11. The first-order valence-corrected chi connectivity index (χ1v) is 10.9. The van der Waals surface area contributed by atoms with Crippen molar-refractivity contribution in [2.75, 3.05) is 13.1 Å². The molecular formula is C22H22N4O2S2. The number of carbonyl (C=O) groups is 2. The minimum atomic E-state index is -0.141. The number of benzene rings is 1. The van der Waals surface area contributed by atoms with Crippen molar-refractivity contribution in [3.05, 3.63) is 65.0 Å². The van der Waals surface area contributed by atoms with Gasteiger partial charge in [0.25, 0.3) is 5.91 Å². The summed E-state index contributed by atoms with van der Waals surface area (Å²) in [7, 11) is 1.92. The Morgan fingerprint density at radius 1 is 1.27 bits per heavy atom. The lowest BCUT2D eigenvalue weighted by molar-refractivity contribution is -0.123. The standard InChI is InChI=1S/C22H22N4O2S2/c1-25-11-4-5-16(25)13-19-21(28)26(22(29)30-19)12-9-20(27)23-10-8-15-14-24-18-7-3-2-6-17(15)18/h2-7,11,13-14,24H,8-10,12H2,1H3,(H,23,27). The number of nitrogens with one attached hydrogen (secondary N) is 2. The maximum Gasteiger partial charge on any atom is 0.266 e. The molecule has 3 aromatic rings. The molecule has 0 radical (unpaired) electrons. The average Bonchev–Trinajstić information content (AvgIpc) is 3.40. The lowest BCUT2D eigenvalue weighted by atomic mass is 10.1. The van der Waals surface area contributed by atoms with Crippen LogP contribution in [0.2, 0.25) is 0 Å². The maximum atomic E-state index is 12.7. The largest absolute Gasteiger partial charge is 0.361 e. The third kappa shape index (κ3) is 4.34. The van der Waals surface area contributed by atoms with Crippen molar-refractivity contribution in [2.24, 2.45) is 7.05 Å². The Hall–Kier alpha value is -2.84. The minimum Gasteiger partial charge on any atom is -0.361 e. The number of aromatic amines is 1. The molecule has 0 bridgehead atoms. The Labute approximate surface area is 184 Å². The summed E-state index contributed by atoms with van der Waals surface area (Å²) >= 11 is 6.62. The number of aryl methyl sites for hydroxylation is 1. The van der Waals surface area contributed by atoms with E-state index in [1.54, 1.807) is 0 Å². The smallest absolute Gasteiger partial charge is 0.266 e. The lowest BCUT2D eigenvalue weighted by Gasteiger charge is -2.14. The van der Waals surface area contributed by atoms with Crippen LogP contribution < -0.4 is 5.32 Å². The van der Waals surface area contributed by atoms with Crippen molar-refractivity contribution >= 4 is 57.1 Å². The average molecular weight is 439 g/mol. The molecule has 154 valence electrons. The molecule has 3 heterocycles. The molecule has 1 aromatic carbocycles. The summed E-state index contributed by atoms with van der Waals surface area (Å²) < 4.78 is 2.43. The number of para-hydroxylation sites is 1. The zero-order chi connectivity index (χ0) is 21.1. The van der Waals surface area contributed by atoms with E-state index in [-0.39, 0.29) is 24.8 Å². The van der Waals surface area contributed by atoms with Crippen molar-refractivity contribution in [3.63, 3.8) is 0 Å². The number of nitrogens with zero attached hydrogens (tertiary/aromatic N) is 2. The van der Waals surface area contributed by atoms with E-state index in [9.17, 15) is 9.59 Å². The monoisotopic (exact) mass is 438 g/mol. The molecule has 0 spiro atoms. The fourth-order valence-corrected chi connectivity index (χ4v) is 4.72. The van der Waals surface area contributed by atoms with Gasteiger partial charge in [-0.25, -0.2) is 0 Å². The SMILES string of the molecule is Cn1cccc1C=C1SC(=S)N(CCC(=O)NCCc2c[nH]c3ccccc23)C1=O. The highest BCUT2D eigenvalue weighted by Gasteiger charge is 2.32.